The van der Waals surface area contributed by atoms with Gasteiger partial charge in [-0.2, -0.15) is 0 Å². The van der Waals surface area contributed by atoms with Crippen molar-refractivity contribution in [3.8, 4) is 0 Å². The highest BCUT2D eigenvalue weighted by atomic mass is 31.2. The van der Waals surface area contributed by atoms with Gasteiger partial charge in [0.25, 0.3) is 0 Å². The van der Waals surface area contributed by atoms with Crippen molar-refractivity contribution in [2.24, 2.45) is 0 Å². The lowest BCUT2D eigenvalue weighted by Gasteiger charge is -2.50. The van der Waals surface area contributed by atoms with Gasteiger partial charge in [0.05, 0.1) is 13.2 Å². The Morgan fingerprint density at radius 3 is 1.05 bits per heavy atom. The molecule has 0 amide bonds. The van der Waals surface area contributed by atoms with Crippen LogP contribution < -0.4 is 0 Å². The van der Waals surface area contributed by atoms with Crippen LogP contribution in [0, 0.1) is 0 Å². The van der Waals surface area contributed by atoms with Gasteiger partial charge in [0.2, 0.25) is 0 Å². The molecule has 0 aromatic heterocycles. The maximum absolute atomic E-state index is 14.9. The molecule has 1 saturated carbocycles. The Hall–Kier alpha value is -3.31. The van der Waals surface area contributed by atoms with Gasteiger partial charge in [0, 0.05) is 25.7 Å². The Morgan fingerprint density at radius 2 is 0.652 bits per heavy atom. The summed E-state index contributed by atoms with van der Waals surface area (Å²) in [5.74, 6) is -3.01. The molecule has 3 fully saturated rings. The monoisotopic (exact) mass is 1660 g/mol. The van der Waals surface area contributed by atoms with E-state index in [9.17, 15) is 74.6 Å². The SMILES string of the molecule is CCCCCC/C=C\CCCCCCCCCC(=O)OC1C(O)C(O)C(OC2OC(CO)C(O)C(O)C2O)C(OP(=O)(O)OCC(COC(=O)CCCCC/C=C\CCCCCCCC)OC(=O)CCCCCCCCCCCCCCCCC)C1OC1OC(COC(=O)CCCCC/C=C\CCCCCCCC)C(O)C(O)C1O. The molecule has 0 spiro atoms. The first-order valence-corrected chi connectivity index (χ1v) is 47.2. The average Bonchev–Trinajstić information content (AvgIpc) is 0.753. The minimum Gasteiger partial charge on any atom is -0.463 e. The van der Waals surface area contributed by atoms with Crippen molar-refractivity contribution < 1.29 is 122 Å². The zero-order valence-electron chi connectivity index (χ0n) is 71.3. The van der Waals surface area contributed by atoms with E-state index in [1.54, 1.807) is 0 Å². The van der Waals surface area contributed by atoms with Gasteiger partial charge in [-0.25, -0.2) is 4.57 Å². The van der Waals surface area contributed by atoms with Crippen LogP contribution >= 0.6 is 7.82 Å². The van der Waals surface area contributed by atoms with E-state index < -0.39 is 162 Å². The summed E-state index contributed by atoms with van der Waals surface area (Å²) in [5.41, 5.74) is 0. The van der Waals surface area contributed by atoms with Crippen LogP contribution in [0.4, 0.5) is 0 Å². The summed E-state index contributed by atoms with van der Waals surface area (Å²) < 4.78 is 73.3. The lowest BCUT2D eigenvalue weighted by molar-refractivity contribution is -0.360. The van der Waals surface area contributed by atoms with Crippen molar-refractivity contribution in [2.45, 2.75) is 479 Å². The molecule has 1 aliphatic carbocycles. The fourth-order valence-electron chi connectivity index (χ4n) is 14.8. The van der Waals surface area contributed by atoms with Gasteiger partial charge in [0.1, 0.15) is 92.6 Å². The first-order valence-electron chi connectivity index (χ1n) is 45.7. The van der Waals surface area contributed by atoms with Crippen LogP contribution in [0.1, 0.15) is 374 Å². The summed E-state index contributed by atoms with van der Waals surface area (Å²) >= 11 is 0. The summed E-state index contributed by atoms with van der Waals surface area (Å²) in [5, 5.41) is 102. The van der Waals surface area contributed by atoms with Crippen molar-refractivity contribution in [1.29, 1.82) is 0 Å². The molecule has 3 aliphatic rings. The minimum atomic E-state index is -5.81. The van der Waals surface area contributed by atoms with Gasteiger partial charge in [-0.3, -0.25) is 28.2 Å². The van der Waals surface area contributed by atoms with Crippen molar-refractivity contribution in [1.82, 2.24) is 0 Å². The molecule has 2 saturated heterocycles. The molecule has 115 heavy (non-hydrogen) atoms. The smallest absolute Gasteiger partial charge is 0.463 e. The van der Waals surface area contributed by atoms with Crippen LogP contribution in [0.3, 0.4) is 0 Å². The summed E-state index contributed by atoms with van der Waals surface area (Å²) in [6.07, 6.45) is 28.7. The van der Waals surface area contributed by atoms with E-state index in [1.807, 2.05) is 0 Å². The number of phosphoric ester groups is 1. The second-order valence-electron chi connectivity index (χ2n) is 32.4. The second kappa shape index (κ2) is 68.3. The molecule has 0 radical (unpaired) electrons. The van der Waals surface area contributed by atoms with E-state index in [2.05, 4.69) is 64.2 Å². The van der Waals surface area contributed by atoms with Crippen LogP contribution in [-0.4, -0.2) is 205 Å². The van der Waals surface area contributed by atoms with Crippen LogP contribution in [0.25, 0.3) is 0 Å². The number of carbonyl (C=O) groups is 4. The Kier molecular flexibility index (Phi) is 62.8. The highest BCUT2D eigenvalue weighted by Crippen LogP contribution is 2.49. The number of aliphatic hydroxyl groups is 9. The molecule has 25 nitrogen and oxygen atoms in total. The highest BCUT2D eigenvalue weighted by Gasteiger charge is 2.60. The minimum absolute atomic E-state index is 0.00791. The maximum Gasteiger partial charge on any atom is 0.472 e. The van der Waals surface area contributed by atoms with Crippen LogP contribution in [-0.2, 0) is 70.7 Å². The molecule has 18 unspecified atom stereocenters. The van der Waals surface area contributed by atoms with Crippen LogP contribution in [0.15, 0.2) is 36.5 Å². The third-order valence-corrected chi connectivity index (χ3v) is 23.1. The van der Waals surface area contributed by atoms with Crippen LogP contribution in [0.2, 0.25) is 0 Å². The number of carbonyl (C=O) groups excluding carboxylic acids is 4. The third kappa shape index (κ3) is 48.8. The zero-order chi connectivity index (χ0) is 84.0. The lowest BCUT2D eigenvalue weighted by atomic mass is 9.84. The normalized spacial score (nSPS) is 25.4. The van der Waals surface area contributed by atoms with Crippen LogP contribution in [0.5, 0.6) is 0 Å². The summed E-state index contributed by atoms with van der Waals surface area (Å²) in [6, 6.07) is 0. The standard InChI is InChI=1S/C89H161O25P/c1-5-9-13-17-21-25-29-33-35-39-43-47-51-55-59-63-74(93)108-69(66-105-72(91)61-57-53-49-45-41-37-31-27-23-19-15-11-7-3)67-107-115(103,104)114-87-85(112-88-82(101)78(97)76(95)70(65-90)109-88)81(100)80(99)84(111-75(94)64-60-56-52-48-44-40-36-34-30-26-22-18-14-10-6-2)86(87)113-89-83(102)79(98)77(96)71(110-89)68-106-73(92)62-58-54-50-46-42-38-32-28-24-20-16-12-8-4/h26,30,37-38,41-42,69-71,76-90,95-102H,5-25,27-29,31-36,39-40,43-68H2,1-4H3,(H,103,104)/b30-26-,41-37-,42-38-. The Balaban J connectivity index is 1.94. The predicted molar refractivity (Wildman–Crippen MR) is 444 cm³/mol. The molecule has 18 atom stereocenters. The molecule has 672 valence electrons. The number of ether oxygens (including phenoxy) is 8. The quantitative estimate of drug-likeness (QED) is 0.00889. The lowest BCUT2D eigenvalue weighted by Crippen LogP contribution is -2.70. The average molecular weight is 1660 g/mol. The van der Waals surface area contributed by atoms with E-state index >= 15 is 0 Å². The summed E-state index contributed by atoms with van der Waals surface area (Å²) in [7, 11) is -5.81. The Morgan fingerprint density at radius 1 is 0.339 bits per heavy atom. The number of hydrogen-bond acceptors (Lipinski definition) is 24. The predicted octanol–water partition coefficient (Wildman–Crippen LogP) is 16.3. The number of phosphoric acid groups is 1. The van der Waals surface area contributed by atoms with Crippen molar-refractivity contribution in [3.63, 3.8) is 0 Å². The molecular formula is C89H161O25P. The third-order valence-electron chi connectivity index (χ3n) is 22.1. The van der Waals surface area contributed by atoms with Gasteiger partial charge in [-0.05, 0) is 103 Å². The van der Waals surface area contributed by atoms with E-state index in [1.165, 1.54) is 148 Å². The molecule has 10 N–H and O–H groups in total. The van der Waals surface area contributed by atoms with Crippen molar-refractivity contribution >= 4 is 31.7 Å². The van der Waals surface area contributed by atoms with Gasteiger partial charge < -0.3 is 88.7 Å². The molecule has 0 aromatic rings. The molecule has 2 heterocycles. The molecule has 26 heteroatoms. The largest absolute Gasteiger partial charge is 0.472 e. The first-order chi connectivity index (χ1) is 55.7. The number of rotatable bonds is 73. The molecular weight excluding hydrogens is 1500 g/mol. The number of esters is 4. The molecule has 0 aromatic carbocycles. The molecule has 2 aliphatic heterocycles. The Labute approximate surface area is 691 Å². The number of aliphatic hydroxyl groups excluding tert-OH is 9. The highest BCUT2D eigenvalue weighted by molar-refractivity contribution is 7.47. The summed E-state index contributed by atoms with van der Waals surface area (Å²) in [6.45, 7) is 5.52. The second-order valence-corrected chi connectivity index (χ2v) is 33.9. The molecule has 0 bridgehead atoms. The van der Waals surface area contributed by atoms with Gasteiger partial charge in [-0.1, -0.05) is 282 Å². The number of allylic oxidation sites excluding steroid dienone is 6. The number of unbranched alkanes of at least 4 members (excludes halogenated alkanes) is 43. The van der Waals surface area contributed by atoms with E-state index in [0.29, 0.717) is 38.5 Å². The Bertz CT molecular complexity index is 2540. The van der Waals surface area contributed by atoms with Gasteiger partial charge in [0.15, 0.2) is 24.8 Å². The van der Waals surface area contributed by atoms with E-state index in [0.717, 1.165) is 135 Å². The van der Waals surface area contributed by atoms with Crippen molar-refractivity contribution in [2.75, 3.05) is 26.4 Å². The van der Waals surface area contributed by atoms with E-state index in [-0.39, 0.29) is 25.7 Å². The summed E-state index contributed by atoms with van der Waals surface area (Å²) in [4.78, 5) is 66.3. The number of hydrogen-bond donors (Lipinski definition) is 10. The zero-order valence-corrected chi connectivity index (χ0v) is 72.2. The van der Waals surface area contributed by atoms with Gasteiger partial charge >= 0.3 is 31.7 Å². The fraction of sp³-hybridized carbons (Fsp3) is 0.888. The first kappa shape index (κ1) is 106. The molecule has 3 rings (SSSR count). The van der Waals surface area contributed by atoms with Crippen molar-refractivity contribution in [3.05, 3.63) is 36.5 Å². The fourth-order valence-corrected chi connectivity index (χ4v) is 15.7. The van der Waals surface area contributed by atoms with E-state index in [4.69, 9.17) is 46.9 Å². The van der Waals surface area contributed by atoms with Gasteiger partial charge in [-0.15, -0.1) is 0 Å². The maximum atomic E-state index is 14.9. The topological polar surface area (TPSA) is 380 Å².